The average molecular weight is 487 g/mol. The summed E-state index contributed by atoms with van der Waals surface area (Å²) in [4.78, 5) is 24.4. The van der Waals surface area contributed by atoms with Crippen LogP contribution in [-0.4, -0.2) is 61.9 Å². The predicted molar refractivity (Wildman–Crippen MR) is 131 cm³/mol. The number of fused-ring (bicyclic) bond motifs is 6. The molecule has 9 heteroatoms. The molecule has 1 atom stereocenters. The van der Waals surface area contributed by atoms with Crippen molar-refractivity contribution in [3.05, 3.63) is 45.7 Å². The Morgan fingerprint density at radius 1 is 1.03 bits per heavy atom. The van der Waals surface area contributed by atoms with E-state index in [1.54, 1.807) is 14.2 Å². The lowest BCUT2D eigenvalue weighted by Crippen LogP contribution is -2.50. The molecule has 1 N–H and O–H groups in total. The summed E-state index contributed by atoms with van der Waals surface area (Å²) in [5, 5.41) is 11.8. The van der Waals surface area contributed by atoms with E-state index in [1.807, 2.05) is 16.8 Å². The summed E-state index contributed by atoms with van der Waals surface area (Å²) in [7, 11) is 3.31. The lowest BCUT2D eigenvalue weighted by molar-refractivity contribution is 0.0694. The van der Waals surface area contributed by atoms with Crippen LogP contribution in [0.15, 0.2) is 29.2 Å². The lowest BCUT2D eigenvalue weighted by atomic mass is 9.93. The van der Waals surface area contributed by atoms with Crippen LogP contribution in [0.3, 0.4) is 0 Å². The number of pyridine rings is 1. The molecule has 35 heavy (non-hydrogen) atoms. The average Bonchev–Trinajstić information content (AvgIpc) is 3.14. The van der Waals surface area contributed by atoms with E-state index in [0.29, 0.717) is 43.6 Å². The summed E-state index contributed by atoms with van der Waals surface area (Å²) < 4.78 is 24.3. The molecule has 190 valence electrons. The predicted octanol–water partition coefficient (Wildman–Crippen LogP) is 3.61. The monoisotopic (exact) mass is 486 g/mol. The minimum atomic E-state index is -1.23. The second kappa shape index (κ2) is 10.3. The summed E-state index contributed by atoms with van der Waals surface area (Å²) in [6, 6.07) is 5.37. The van der Waals surface area contributed by atoms with Crippen LogP contribution in [0, 0.1) is 0 Å². The van der Waals surface area contributed by atoms with Crippen molar-refractivity contribution in [3.63, 3.8) is 0 Å². The molecule has 0 saturated carbocycles. The van der Waals surface area contributed by atoms with Gasteiger partial charge in [-0.25, -0.2) is 4.79 Å². The highest BCUT2D eigenvalue weighted by Gasteiger charge is 2.45. The topological polar surface area (TPSA) is 99.5 Å². The molecule has 3 heterocycles. The molecule has 9 nitrogen and oxygen atoms in total. The van der Waals surface area contributed by atoms with E-state index in [4.69, 9.17) is 18.9 Å². The second-order valence-electron chi connectivity index (χ2n) is 9.57. The molecule has 0 aliphatic carbocycles. The number of benzene rings is 1. The van der Waals surface area contributed by atoms with E-state index in [-0.39, 0.29) is 17.1 Å². The third-order valence-electron chi connectivity index (χ3n) is 6.69. The van der Waals surface area contributed by atoms with Crippen molar-refractivity contribution in [1.82, 2.24) is 4.68 Å². The van der Waals surface area contributed by atoms with Crippen LogP contribution < -0.4 is 19.9 Å². The number of aromatic nitrogens is 1. The Morgan fingerprint density at radius 3 is 2.26 bits per heavy atom. The molecule has 2 aliphatic rings. The molecular formula is C26H34N2O7. The molecule has 0 radical (unpaired) electrons. The van der Waals surface area contributed by atoms with Crippen molar-refractivity contribution >= 4 is 5.97 Å². The van der Waals surface area contributed by atoms with Gasteiger partial charge in [0.25, 0.3) is 0 Å². The van der Waals surface area contributed by atoms with Crippen LogP contribution >= 0.6 is 0 Å². The van der Waals surface area contributed by atoms with Gasteiger partial charge in [0.15, 0.2) is 16.9 Å². The van der Waals surface area contributed by atoms with Crippen molar-refractivity contribution in [2.45, 2.75) is 51.1 Å². The highest BCUT2D eigenvalue weighted by atomic mass is 16.5. The number of aromatic carboxylic acids is 1. The quantitative estimate of drug-likeness (QED) is 0.481. The van der Waals surface area contributed by atoms with Crippen LogP contribution in [0.25, 0.3) is 11.3 Å². The fourth-order valence-corrected chi connectivity index (χ4v) is 5.01. The first-order valence-corrected chi connectivity index (χ1v) is 12.0. The van der Waals surface area contributed by atoms with Crippen molar-refractivity contribution in [1.29, 1.82) is 0 Å². The number of carboxylic acids is 1. The van der Waals surface area contributed by atoms with Gasteiger partial charge in [0.1, 0.15) is 5.56 Å². The van der Waals surface area contributed by atoms with Crippen LogP contribution in [-0.2, 0) is 9.47 Å². The largest absolute Gasteiger partial charge is 0.490 e. The number of nitrogens with zero attached hydrogens (tertiary/aromatic N) is 2. The first-order valence-electron chi connectivity index (χ1n) is 12.0. The Kier molecular flexibility index (Phi) is 7.37. The molecule has 0 amide bonds. The molecule has 0 bridgehead atoms. The van der Waals surface area contributed by atoms with E-state index in [1.165, 1.54) is 12.3 Å². The van der Waals surface area contributed by atoms with Gasteiger partial charge in [0.05, 0.1) is 30.5 Å². The molecule has 4 rings (SSSR count). The van der Waals surface area contributed by atoms with E-state index in [0.717, 1.165) is 36.8 Å². The Bertz CT molecular complexity index is 1140. The van der Waals surface area contributed by atoms with Gasteiger partial charge in [-0.2, -0.15) is 0 Å². The Balaban J connectivity index is 1.83. The van der Waals surface area contributed by atoms with Gasteiger partial charge < -0.3 is 24.1 Å². The minimum absolute atomic E-state index is 0.0144. The summed E-state index contributed by atoms with van der Waals surface area (Å²) in [5.74, 6) is 0.00999. The summed E-state index contributed by atoms with van der Waals surface area (Å²) >= 11 is 0. The van der Waals surface area contributed by atoms with Crippen LogP contribution in [0.1, 0.15) is 61.5 Å². The molecule has 1 aromatic carbocycles. The number of carboxylic acid groups (broad SMARTS) is 1. The van der Waals surface area contributed by atoms with Gasteiger partial charge in [-0.3, -0.25) is 14.5 Å². The van der Waals surface area contributed by atoms with E-state index in [2.05, 4.69) is 18.9 Å². The molecule has 0 spiro atoms. The zero-order valence-corrected chi connectivity index (χ0v) is 20.8. The van der Waals surface area contributed by atoms with E-state index in [9.17, 15) is 14.7 Å². The fourth-order valence-electron chi connectivity index (χ4n) is 5.01. The number of ether oxygens (including phenoxy) is 4. The normalized spacial score (nSPS) is 17.5. The molecular weight excluding hydrogens is 452 g/mol. The van der Waals surface area contributed by atoms with Crippen molar-refractivity contribution in [2.75, 3.05) is 45.7 Å². The second-order valence-corrected chi connectivity index (χ2v) is 9.57. The van der Waals surface area contributed by atoms with Crippen LogP contribution in [0.2, 0.25) is 0 Å². The Labute approximate surface area is 205 Å². The van der Waals surface area contributed by atoms with Gasteiger partial charge in [0, 0.05) is 58.1 Å². The van der Waals surface area contributed by atoms with Gasteiger partial charge in [-0.1, -0.05) is 0 Å². The molecule has 1 saturated heterocycles. The number of rotatable bonds is 11. The number of hydrogen-bond acceptors (Lipinski definition) is 7. The lowest BCUT2D eigenvalue weighted by Gasteiger charge is -2.44. The number of methoxy groups -OCH3 is 2. The first-order chi connectivity index (χ1) is 16.8. The van der Waals surface area contributed by atoms with Crippen molar-refractivity contribution in [3.8, 4) is 22.8 Å². The maximum atomic E-state index is 12.7. The highest BCUT2D eigenvalue weighted by Crippen LogP contribution is 2.50. The van der Waals surface area contributed by atoms with Crippen molar-refractivity contribution < 1.29 is 28.8 Å². The minimum Gasteiger partial charge on any atom is -0.490 e. The third-order valence-corrected chi connectivity index (χ3v) is 6.69. The number of hydrogen-bond donors (Lipinski definition) is 1. The Morgan fingerprint density at radius 2 is 1.66 bits per heavy atom. The van der Waals surface area contributed by atoms with Gasteiger partial charge in [-0.05, 0) is 44.4 Å². The van der Waals surface area contributed by atoms with Gasteiger partial charge >= 0.3 is 5.97 Å². The zero-order valence-electron chi connectivity index (χ0n) is 20.8. The van der Waals surface area contributed by atoms with Gasteiger partial charge in [-0.15, -0.1) is 0 Å². The maximum absolute atomic E-state index is 12.7. The van der Waals surface area contributed by atoms with Crippen LogP contribution in [0.5, 0.6) is 11.5 Å². The summed E-state index contributed by atoms with van der Waals surface area (Å²) in [6.07, 6.45) is 4.74. The smallest absolute Gasteiger partial charge is 0.341 e. The Hall–Kier alpha value is -3.04. The third kappa shape index (κ3) is 4.88. The SMILES string of the molecule is COCCCOc1cc2c(cc1OCCCOC)C1CCC(C)(C)N1n1cc(C(=O)O)c(=O)cc1-2. The standard InChI is InChI=1S/C26H34N2O7/c1-26(2)8-7-20-17-13-23(34-11-5-9-32-3)24(35-12-6-10-33-4)14-18(17)21-15-22(29)19(25(30)31)16-27(21)28(20)26/h13-16,20H,5-12H2,1-4H3,(H,30,31). The molecule has 2 aliphatic heterocycles. The van der Waals surface area contributed by atoms with Gasteiger partial charge in [0.2, 0.25) is 0 Å². The molecule has 1 aromatic heterocycles. The number of carbonyl (C=O) groups is 1. The highest BCUT2D eigenvalue weighted by molar-refractivity contribution is 5.88. The molecule has 1 fully saturated rings. The molecule has 2 aromatic rings. The van der Waals surface area contributed by atoms with Crippen molar-refractivity contribution in [2.24, 2.45) is 0 Å². The zero-order chi connectivity index (χ0) is 25.2. The summed E-state index contributed by atoms with van der Waals surface area (Å²) in [6.45, 7) is 6.39. The molecule has 1 unspecified atom stereocenters. The van der Waals surface area contributed by atoms with Crippen LogP contribution in [0.4, 0.5) is 0 Å². The van der Waals surface area contributed by atoms with E-state index >= 15 is 0 Å². The summed E-state index contributed by atoms with van der Waals surface area (Å²) in [5.41, 5.74) is 1.55. The fraction of sp³-hybridized carbons (Fsp3) is 0.538. The maximum Gasteiger partial charge on any atom is 0.341 e. The first kappa shape index (κ1) is 25.1. The van der Waals surface area contributed by atoms with E-state index < -0.39 is 11.4 Å².